The van der Waals surface area contributed by atoms with E-state index in [0.717, 1.165) is 12.1 Å². The van der Waals surface area contributed by atoms with Gasteiger partial charge in [-0.25, -0.2) is 4.39 Å². The van der Waals surface area contributed by atoms with Crippen molar-refractivity contribution in [3.8, 4) is 0 Å². The Morgan fingerprint density at radius 3 is 2.88 bits per heavy atom. The van der Waals surface area contributed by atoms with Crippen LogP contribution in [-0.4, -0.2) is 19.0 Å². The van der Waals surface area contributed by atoms with Gasteiger partial charge in [0.1, 0.15) is 11.2 Å². The van der Waals surface area contributed by atoms with Crippen LogP contribution < -0.4 is 10.6 Å². The monoisotopic (exact) mass is 254 g/mol. The summed E-state index contributed by atoms with van der Waals surface area (Å²) < 4.78 is 13.5. The number of carbonyl (C=O) groups excluding carboxylic acids is 1. The topological polar surface area (TPSA) is 41.1 Å². The van der Waals surface area contributed by atoms with Gasteiger partial charge in [-0.1, -0.05) is 24.3 Å². The van der Waals surface area contributed by atoms with Crippen LogP contribution in [0.15, 0.2) is 30.4 Å². The standard InChI is InChI=1S/C12H11FN2O.ClH/c13-9-4-1-3-8-10(9)15-11(16)12(8)5-2-6-14-7-12;/h1-5,14H,6-7H2,(H,15,16);1H. The molecule has 1 atom stereocenters. The van der Waals surface area contributed by atoms with Gasteiger partial charge < -0.3 is 10.6 Å². The highest BCUT2D eigenvalue weighted by molar-refractivity contribution is 6.08. The fourth-order valence-corrected chi connectivity index (χ4v) is 2.38. The molecule has 90 valence electrons. The van der Waals surface area contributed by atoms with E-state index < -0.39 is 5.41 Å². The molecule has 0 saturated heterocycles. The maximum absolute atomic E-state index is 13.5. The summed E-state index contributed by atoms with van der Waals surface area (Å²) in [6, 6.07) is 4.80. The van der Waals surface area contributed by atoms with E-state index in [1.165, 1.54) is 6.07 Å². The Morgan fingerprint density at radius 1 is 1.35 bits per heavy atom. The third kappa shape index (κ3) is 1.56. The van der Waals surface area contributed by atoms with E-state index in [4.69, 9.17) is 0 Å². The van der Waals surface area contributed by atoms with Gasteiger partial charge in [0.2, 0.25) is 5.91 Å². The molecule has 3 nitrogen and oxygen atoms in total. The van der Waals surface area contributed by atoms with Crippen LogP contribution in [0.25, 0.3) is 0 Å². The fourth-order valence-electron chi connectivity index (χ4n) is 2.38. The molecule has 2 N–H and O–H groups in total. The fraction of sp³-hybridized carbons (Fsp3) is 0.250. The Bertz CT molecular complexity index is 503. The highest BCUT2D eigenvalue weighted by Gasteiger charge is 2.46. The molecule has 0 radical (unpaired) electrons. The zero-order valence-electron chi connectivity index (χ0n) is 9.00. The second-order valence-electron chi connectivity index (χ2n) is 4.12. The Kier molecular flexibility index (Phi) is 2.93. The van der Waals surface area contributed by atoms with Crippen LogP contribution in [0.1, 0.15) is 5.56 Å². The molecular formula is C12H12ClFN2O. The highest BCUT2D eigenvalue weighted by atomic mass is 35.5. The van der Waals surface area contributed by atoms with Crippen molar-refractivity contribution in [2.24, 2.45) is 0 Å². The van der Waals surface area contributed by atoms with Crippen LogP contribution in [-0.2, 0) is 10.2 Å². The normalized spacial score (nSPS) is 25.4. The SMILES string of the molecule is Cl.O=C1Nc2c(F)cccc2C12C=CCNC2. The highest BCUT2D eigenvalue weighted by Crippen LogP contribution is 2.40. The molecule has 1 spiro atoms. The predicted molar refractivity (Wildman–Crippen MR) is 66.0 cm³/mol. The quantitative estimate of drug-likeness (QED) is 0.691. The van der Waals surface area contributed by atoms with E-state index in [-0.39, 0.29) is 24.1 Å². The maximum Gasteiger partial charge on any atom is 0.240 e. The third-order valence-corrected chi connectivity index (χ3v) is 3.21. The number of rotatable bonds is 0. The van der Waals surface area contributed by atoms with Gasteiger partial charge in [0.25, 0.3) is 0 Å². The lowest BCUT2D eigenvalue weighted by Crippen LogP contribution is -2.44. The summed E-state index contributed by atoms with van der Waals surface area (Å²) in [5.74, 6) is -0.530. The first kappa shape index (κ1) is 12.1. The molecule has 3 rings (SSSR count). The van der Waals surface area contributed by atoms with Crippen molar-refractivity contribution in [2.45, 2.75) is 5.41 Å². The summed E-state index contributed by atoms with van der Waals surface area (Å²) in [4.78, 5) is 12.0. The average molecular weight is 255 g/mol. The molecule has 0 aliphatic carbocycles. The van der Waals surface area contributed by atoms with E-state index >= 15 is 0 Å². The Labute approximate surface area is 104 Å². The zero-order chi connectivity index (χ0) is 11.2. The minimum Gasteiger partial charge on any atom is -0.322 e. The van der Waals surface area contributed by atoms with E-state index in [0.29, 0.717) is 12.2 Å². The third-order valence-electron chi connectivity index (χ3n) is 3.21. The van der Waals surface area contributed by atoms with Crippen LogP contribution in [0, 0.1) is 5.82 Å². The van der Waals surface area contributed by atoms with E-state index in [9.17, 15) is 9.18 Å². The van der Waals surface area contributed by atoms with E-state index in [1.54, 1.807) is 12.1 Å². The molecule has 1 amide bonds. The van der Waals surface area contributed by atoms with Crippen LogP contribution >= 0.6 is 12.4 Å². The molecule has 0 fully saturated rings. The predicted octanol–water partition coefficient (Wildman–Crippen LogP) is 1.60. The lowest BCUT2D eigenvalue weighted by molar-refractivity contribution is -0.119. The number of fused-ring (bicyclic) bond motifs is 2. The molecule has 2 heterocycles. The molecular weight excluding hydrogens is 243 g/mol. The van der Waals surface area contributed by atoms with Gasteiger partial charge >= 0.3 is 0 Å². The number of halogens is 2. The van der Waals surface area contributed by atoms with Crippen LogP contribution in [0.3, 0.4) is 0 Å². The Morgan fingerprint density at radius 2 is 2.18 bits per heavy atom. The van der Waals surface area contributed by atoms with Gasteiger partial charge in [-0.05, 0) is 11.6 Å². The Hall–Kier alpha value is -1.39. The van der Waals surface area contributed by atoms with Gasteiger partial charge in [-0.3, -0.25) is 4.79 Å². The molecule has 2 aliphatic heterocycles. The number of para-hydroxylation sites is 1. The van der Waals surface area contributed by atoms with Gasteiger partial charge in [0.05, 0.1) is 5.69 Å². The zero-order valence-corrected chi connectivity index (χ0v) is 9.81. The molecule has 1 aromatic rings. The molecule has 0 saturated carbocycles. The first-order valence-electron chi connectivity index (χ1n) is 5.23. The van der Waals surface area contributed by atoms with Crippen molar-refractivity contribution < 1.29 is 9.18 Å². The van der Waals surface area contributed by atoms with Gasteiger partial charge in [-0.15, -0.1) is 12.4 Å². The molecule has 0 aromatic heterocycles. The first-order valence-corrected chi connectivity index (χ1v) is 5.23. The van der Waals surface area contributed by atoms with E-state index in [2.05, 4.69) is 10.6 Å². The second kappa shape index (κ2) is 4.13. The summed E-state index contributed by atoms with van der Waals surface area (Å²) in [6.45, 7) is 1.27. The van der Waals surface area contributed by atoms with Crippen molar-refractivity contribution in [1.29, 1.82) is 0 Å². The summed E-state index contributed by atoms with van der Waals surface area (Å²) in [6.07, 6.45) is 3.77. The lowest BCUT2D eigenvalue weighted by atomic mass is 9.80. The van der Waals surface area contributed by atoms with Crippen molar-refractivity contribution in [2.75, 3.05) is 18.4 Å². The Balaban J connectivity index is 0.00000108. The summed E-state index contributed by atoms with van der Waals surface area (Å²) in [5.41, 5.74) is 0.317. The lowest BCUT2D eigenvalue weighted by Gasteiger charge is -2.27. The number of anilines is 1. The van der Waals surface area contributed by atoms with Crippen LogP contribution in [0.2, 0.25) is 0 Å². The molecule has 2 aliphatic rings. The number of hydrogen-bond donors (Lipinski definition) is 2. The van der Waals surface area contributed by atoms with Gasteiger partial charge in [-0.2, -0.15) is 0 Å². The summed E-state index contributed by atoms with van der Waals surface area (Å²) >= 11 is 0. The summed E-state index contributed by atoms with van der Waals surface area (Å²) in [7, 11) is 0. The van der Waals surface area contributed by atoms with Crippen molar-refractivity contribution in [1.82, 2.24) is 5.32 Å². The van der Waals surface area contributed by atoms with Gasteiger partial charge in [0, 0.05) is 13.1 Å². The summed E-state index contributed by atoms with van der Waals surface area (Å²) in [5, 5.41) is 5.76. The number of nitrogens with one attached hydrogen (secondary N) is 2. The van der Waals surface area contributed by atoms with Crippen molar-refractivity contribution >= 4 is 24.0 Å². The van der Waals surface area contributed by atoms with Crippen LogP contribution in [0.5, 0.6) is 0 Å². The van der Waals surface area contributed by atoms with Crippen LogP contribution in [0.4, 0.5) is 10.1 Å². The van der Waals surface area contributed by atoms with Crippen molar-refractivity contribution in [3.05, 3.63) is 41.7 Å². The second-order valence-corrected chi connectivity index (χ2v) is 4.12. The number of hydrogen-bond acceptors (Lipinski definition) is 2. The minimum atomic E-state index is -0.727. The average Bonchev–Trinajstić information content (AvgIpc) is 2.57. The maximum atomic E-state index is 13.5. The molecule has 5 heteroatoms. The number of amides is 1. The smallest absolute Gasteiger partial charge is 0.240 e. The first-order chi connectivity index (χ1) is 7.74. The van der Waals surface area contributed by atoms with Gasteiger partial charge in [0.15, 0.2) is 0 Å². The van der Waals surface area contributed by atoms with E-state index in [1.807, 2.05) is 12.2 Å². The minimum absolute atomic E-state index is 0. The molecule has 17 heavy (non-hydrogen) atoms. The number of benzene rings is 1. The number of carbonyl (C=O) groups is 1. The van der Waals surface area contributed by atoms with Crippen molar-refractivity contribution in [3.63, 3.8) is 0 Å². The largest absolute Gasteiger partial charge is 0.322 e. The molecule has 0 bridgehead atoms. The molecule has 1 unspecified atom stereocenters. The molecule has 1 aromatic carbocycles.